The molecule has 2 aromatic carbocycles. The molecule has 176 valence electrons. The van der Waals surface area contributed by atoms with Crippen molar-refractivity contribution >= 4 is 46.1 Å². The second-order valence-electron chi connectivity index (χ2n) is 7.58. The number of hydrogen-bond donors (Lipinski definition) is 1. The molecule has 2 aromatic heterocycles. The Morgan fingerprint density at radius 2 is 1.94 bits per heavy atom. The van der Waals surface area contributed by atoms with Gasteiger partial charge in [0.2, 0.25) is 0 Å². The van der Waals surface area contributed by atoms with Crippen molar-refractivity contribution in [3.8, 4) is 5.75 Å². The molecule has 1 N–H and O–H groups in total. The first-order chi connectivity index (χ1) is 16.2. The molecule has 0 saturated heterocycles. The maximum atomic E-state index is 13.7. The van der Waals surface area contributed by atoms with Gasteiger partial charge < -0.3 is 10.1 Å². The number of halogens is 4. The third kappa shape index (κ3) is 5.41. The maximum absolute atomic E-state index is 13.7. The molecule has 0 aliphatic heterocycles. The van der Waals surface area contributed by atoms with E-state index in [4.69, 9.17) is 27.9 Å². The third-order valence-corrected chi connectivity index (χ3v) is 6.69. The van der Waals surface area contributed by atoms with E-state index in [9.17, 15) is 13.6 Å². The van der Waals surface area contributed by atoms with Gasteiger partial charge in [-0.2, -0.15) is 5.10 Å². The minimum absolute atomic E-state index is 0.0458. The van der Waals surface area contributed by atoms with Crippen LogP contribution < -0.4 is 10.1 Å². The number of nitrogens with zero attached hydrogens (tertiary/aromatic N) is 2. The van der Waals surface area contributed by atoms with E-state index < -0.39 is 11.6 Å². The molecule has 0 fully saturated rings. The van der Waals surface area contributed by atoms with Crippen molar-refractivity contribution in [2.75, 3.05) is 5.32 Å². The smallest absolute Gasteiger partial charge is 0.265 e. The summed E-state index contributed by atoms with van der Waals surface area (Å²) in [6.07, 6.45) is 0. The van der Waals surface area contributed by atoms with Gasteiger partial charge in [-0.3, -0.25) is 9.48 Å². The van der Waals surface area contributed by atoms with Gasteiger partial charge in [0.1, 0.15) is 12.4 Å². The number of benzene rings is 2. The van der Waals surface area contributed by atoms with Crippen LogP contribution in [0.25, 0.3) is 0 Å². The summed E-state index contributed by atoms with van der Waals surface area (Å²) in [5, 5.41) is 10.3. The van der Waals surface area contributed by atoms with Gasteiger partial charge in [0.15, 0.2) is 11.6 Å². The number of ether oxygens (including phenoxy) is 1. The minimum atomic E-state index is -0.781. The van der Waals surface area contributed by atoms with Crippen molar-refractivity contribution in [3.63, 3.8) is 0 Å². The average molecular weight is 522 g/mol. The van der Waals surface area contributed by atoms with Crippen molar-refractivity contribution in [1.82, 2.24) is 9.78 Å². The summed E-state index contributed by atoms with van der Waals surface area (Å²) in [6, 6.07) is 10.1. The normalized spacial score (nSPS) is 11.0. The Hall–Kier alpha value is -2.94. The lowest BCUT2D eigenvalue weighted by molar-refractivity contribution is 0.103. The molecule has 34 heavy (non-hydrogen) atoms. The van der Waals surface area contributed by atoms with Gasteiger partial charge in [0.05, 0.1) is 28.5 Å². The second-order valence-corrected chi connectivity index (χ2v) is 9.33. The van der Waals surface area contributed by atoms with E-state index in [-0.39, 0.29) is 18.3 Å². The number of aromatic nitrogens is 2. The van der Waals surface area contributed by atoms with Crippen LogP contribution in [0.2, 0.25) is 10.0 Å². The van der Waals surface area contributed by atoms with E-state index >= 15 is 0 Å². The Labute approximate surface area is 208 Å². The molecule has 0 saturated carbocycles. The van der Waals surface area contributed by atoms with Crippen LogP contribution in [0.3, 0.4) is 0 Å². The fraction of sp³-hybridized carbons (Fsp3) is 0.167. The zero-order valence-corrected chi connectivity index (χ0v) is 20.5. The molecular formula is C24H19Cl2F2N3O2S. The molecule has 0 radical (unpaired) electrons. The quantitative estimate of drug-likeness (QED) is 0.284. The lowest BCUT2D eigenvalue weighted by Crippen LogP contribution is -2.12. The molecule has 0 aliphatic rings. The molecular weight excluding hydrogens is 503 g/mol. The standard InChI is InChI=1S/C24H19Cl2F2N3O2S/c1-13-23(14(2)31(30-13)10-16-3-4-17(25)8-19(16)26)29-24(32)22-7-15(12-34-22)11-33-21-6-5-18(27)9-20(21)28/h3-9,12H,10-11H2,1-2H3,(H,29,32). The topological polar surface area (TPSA) is 56.2 Å². The first-order valence-corrected chi connectivity index (χ1v) is 11.8. The van der Waals surface area contributed by atoms with E-state index in [2.05, 4.69) is 10.4 Å². The van der Waals surface area contributed by atoms with Crippen molar-refractivity contribution in [2.45, 2.75) is 27.0 Å². The number of rotatable bonds is 7. The Kier molecular flexibility index (Phi) is 7.21. The fourth-order valence-electron chi connectivity index (χ4n) is 3.34. The highest BCUT2D eigenvalue weighted by atomic mass is 35.5. The SMILES string of the molecule is Cc1nn(Cc2ccc(Cl)cc2Cl)c(C)c1NC(=O)c1cc(COc2ccc(F)cc2F)cs1. The second kappa shape index (κ2) is 10.1. The Morgan fingerprint density at radius 1 is 1.15 bits per heavy atom. The zero-order chi connectivity index (χ0) is 24.4. The van der Waals surface area contributed by atoms with E-state index in [1.54, 1.807) is 28.3 Å². The van der Waals surface area contributed by atoms with Crippen LogP contribution in [0.5, 0.6) is 5.75 Å². The van der Waals surface area contributed by atoms with Crippen LogP contribution in [-0.4, -0.2) is 15.7 Å². The van der Waals surface area contributed by atoms with E-state index in [0.717, 1.165) is 23.4 Å². The predicted molar refractivity (Wildman–Crippen MR) is 130 cm³/mol. The number of aryl methyl sites for hydroxylation is 1. The molecule has 5 nitrogen and oxygen atoms in total. The number of carbonyl (C=O) groups excluding carboxylic acids is 1. The lowest BCUT2D eigenvalue weighted by atomic mass is 10.2. The maximum Gasteiger partial charge on any atom is 0.265 e. The number of thiophene rings is 1. The number of hydrogen-bond acceptors (Lipinski definition) is 4. The minimum Gasteiger partial charge on any atom is -0.486 e. The number of nitrogens with one attached hydrogen (secondary N) is 1. The largest absolute Gasteiger partial charge is 0.486 e. The highest BCUT2D eigenvalue weighted by molar-refractivity contribution is 7.12. The molecule has 0 spiro atoms. The molecule has 1 amide bonds. The molecule has 0 bridgehead atoms. The summed E-state index contributed by atoms with van der Waals surface area (Å²) in [5.41, 5.74) is 3.62. The third-order valence-electron chi connectivity index (χ3n) is 5.12. The predicted octanol–water partition coefficient (Wildman–Crippen LogP) is 7.03. The molecule has 2 heterocycles. The van der Waals surface area contributed by atoms with Crippen LogP contribution in [0.4, 0.5) is 14.5 Å². The van der Waals surface area contributed by atoms with Crippen molar-refractivity contribution in [1.29, 1.82) is 0 Å². The van der Waals surface area contributed by atoms with Crippen LogP contribution in [0.1, 0.15) is 32.2 Å². The van der Waals surface area contributed by atoms with Crippen LogP contribution in [0, 0.1) is 25.5 Å². The Bertz CT molecular complexity index is 1370. The van der Waals surface area contributed by atoms with Crippen molar-refractivity contribution in [3.05, 3.63) is 96.9 Å². The molecule has 0 unspecified atom stereocenters. The Morgan fingerprint density at radius 3 is 2.68 bits per heavy atom. The molecule has 4 aromatic rings. The molecule has 0 aliphatic carbocycles. The first-order valence-electron chi connectivity index (χ1n) is 10.2. The average Bonchev–Trinajstić information content (AvgIpc) is 3.35. The summed E-state index contributed by atoms with van der Waals surface area (Å²) in [7, 11) is 0. The van der Waals surface area contributed by atoms with Gasteiger partial charge >= 0.3 is 0 Å². The summed E-state index contributed by atoms with van der Waals surface area (Å²) >= 11 is 13.5. The highest BCUT2D eigenvalue weighted by Crippen LogP contribution is 2.26. The Balaban J connectivity index is 1.43. The molecule has 0 atom stereocenters. The summed E-state index contributed by atoms with van der Waals surface area (Å²) in [5.74, 6) is -1.81. The van der Waals surface area contributed by atoms with Crippen LogP contribution in [-0.2, 0) is 13.2 Å². The summed E-state index contributed by atoms with van der Waals surface area (Å²) < 4.78 is 33.9. The number of anilines is 1. The summed E-state index contributed by atoms with van der Waals surface area (Å²) in [6.45, 7) is 4.15. The number of amides is 1. The number of carbonyl (C=O) groups is 1. The van der Waals surface area contributed by atoms with Crippen LogP contribution >= 0.6 is 34.5 Å². The van der Waals surface area contributed by atoms with Gasteiger partial charge in [-0.25, -0.2) is 8.78 Å². The summed E-state index contributed by atoms with van der Waals surface area (Å²) in [4.78, 5) is 13.3. The first kappa shape index (κ1) is 24.2. The van der Waals surface area contributed by atoms with Gasteiger partial charge in [-0.05, 0) is 55.1 Å². The molecule has 10 heteroatoms. The lowest BCUT2D eigenvalue weighted by Gasteiger charge is -2.08. The van der Waals surface area contributed by atoms with E-state index in [1.165, 1.54) is 17.4 Å². The monoisotopic (exact) mass is 521 g/mol. The van der Waals surface area contributed by atoms with Crippen molar-refractivity contribution in [2.24, 2.45) is 0 Å². The highest BCUT2D eigenvalue weighted by Gasteiger charge is 2.18. The van der Waals surface area contributed by atoms with Gasteiger partial charge in [0.25, 0.3) is 5.91 Å². The van der Waals surface area contributed by atoms with E-state index in [0.29, 0.717) is 38.4 Å². The van der Waals surface area contributed by atoms with Gasteiger partial charge in [-0.15, -0.1) is 11.3 Å². The molecule has 4 rings (SSSR count). The van der Waals surface area contributed by atoms with E-state index in [1.807, 2.05) is 19.9 Å². The van der Waals surface area contributed by atoms with Crippen molar-refractivity contribution < 1.29 is 18.3 Å². The van der Waals surface area contributed by atoms with Crippen LogP contribution in [0.15, 0.2) is 47.8 Å². The zero-order valence-electron chi connectivity index (χ0n) is 18.2. The van der Waals surface area contributed by atoms with Gasteiger partial charge in [-0.1, -0.05) is 29.3 Å². The van der Waals surface area contributed by atoms with Gasteiger partial charge in [0, 0.05) is 21.7 Å². The fourth-order valence-corrected chi connectivity index (χ4v) is 4.60.